The molecular formula is C33H51Cl2N5O3. The number of fused-ring (bicyclic) bond motifs is 1. The summed E-state index contributed by atoms with van der Waals surface area (Å²) in [6.45, 7) is 6.81. The Balaban J connectivity index is 1.21. The van der Waals surface area contributed by atoms with Crippen molar-refractivity contribution in [1.29, 1.82) is 0 Å². The fraction of sp³-hybridized carbons (Fsp3) is 0.667. The zero-order chi connectivity index (χ0) is 30.9. The molecule has 1 unspecified atom stereocenters. The standard InChI is InChI=1S/C33H51Cl2N5O3/c1-4-5-6-7-8-9-10-11-12-13-14-15-16-17-18-19-22-42-43-24-25(2)36-33(41)30-26(3)31-37-38-32(40(31)39-30)27-20-21-28(34)29(35)23-27/h20-21,23,25,39H,4-19,22,24H2,1-3H3,(H,36,41). The minimum Gasteiger partial charge on any atom is -0.346 e. The van der Waals surface area contributed by atoms with Gasteiger partial charge in [-0.05, 0) is 38.5 Å². The molecule has 0 fully saturated rings. The number of halogens is 2. The minimum atomic E-state index is -0.253. The molecule has 3 aromatic rings. The molecule has 1 amide bonds. The molecule has 10 heteroatoms. The summed E-state index contributed by atoms with van der Waals surface area (Å²) in [6, 6.07) is 4.99. The molecule has 2 N–H and O–H groups in total. The number of aromatic nitrogens is 4. The second-order valence-electron chi connectivity index (χ2n) is 11.7. The van der Waals surface area contributed by atoms with Crippen molar-refractivity contribution in [3.05, 3.63) is 39.5 Å². The Kier molecular flexibility index (Phi) is 16.4. The van der Waals surface area contributed by atoms with Crippen molar-refractivity contribution >= 4 is 34.8 Å². The van der Waals surface area contributed by atoms with Crippen molar-refractivity contribution in [3.63, 3.8) is 0 Å². The van der Waals surface area contributed by atoms with Gasteiger partial charge in [0.25, 0.3) is 5.91 Å². The third-order valence-electron chi connectivity index (χ3n) is 7.86. The van der Waals surface area contributed by atoms with Crippen LogP contribution < -0.4 is 5.32 Å². The largest absolute Gasteiger partial charge is 0.346 e. The number of aryl methyl sites for hydroxylation is 1. The quantitative estimate of drug-likeness (QED) is 0.0614. The van der Waals surface area contributed by atoms with Gasteiger partial charge in [0.2, 0.25) is 0 Å². The number of carbonyl (C=O) groups excluding carboxylic acids is 1. The summed E-state index contributed by atoms with van der Waals surface area (Å²) in [6.07, 6.45) is 21.4. The Bertz CT molecular complexity index is 1230. The fourth-order valence-corrected chi connectivity index (χ4v) is 5.54. The highest BCUT2D eigenvalue weighted by atomic mass is 35.5. The molecular weight excluding hydrogens is 585 g/mol. The molecule has 8 nitrogen and oxygen atoms in total. The molecule has 240 valence electrons. The molecule has 43 heavy (non-hydrogen) atoms. The first-order valence-electron chi connectivity index (χ1n) is 16.4. The lowest BCUT2D eigenvalue weighted by molar-refractivity contribution is -0.297. The maximum absolute atomic E-state index is 13.0. The van der Waals surface area contributed by atoms with Gasteiger partial charge in [-0.2, -0.15) is 0 Å². The van der Waals surface area contributed by atoms with Gasteiger partial charge in [0.05, 0.1) is 22.7 Å². The SMILES string of the molecule is CCCCCCCCCCCCCCCCCCOOCC(C)NC(=O)c1[nH]n2c(-c3ccc(Cl)c(Cl)c3)nnc2c1C. The lowest BCUT2D eigenvalue weighted by Gasteiger charge is -2.13. The van der Waals surface area contributed by atoms with Gasteiger partial charge in [0.1, 0.15) is 12.3 Å². The van der Waals surface area contributed by atoms with E-state index >= 15 is 0 Å². The Morgan fingerprint density at radius 1 is 0.860 bits per heavy atom. The zero-order valence-electron chi connectivity index (χ0n) is 26.4. The minimum absolute atomic E-state index is 0.235. The van der Waals surface area contributed by atoms with Crippen molar-refractivity contribution < 1.29 is 14.6 Å². The van der Waals surface area contributed by atoms with Crippen LogP contribution in [0, 0.1) is 6.92 Å². The molecule has 1 aromatic carbocycles. The summed E-state index contributed by atoms with van der Waals surface area (Å²) in [5.41, 5.74) is 2.41. The van der Waals surface area contributed by atoms with Gasteiger partial charge in [0, 0.05) is 11.1 Å². The molecule has 0 saturated heterocycles. The van der Waals surface area contributed by atoms with Gasteiger partial charge in [0.15, 0.2) is 11.5 Å². The van der Waals surface area contributed by atoms with Crippen molar-refractivity contribution in [3.8, 4) is 11.4 Å². The predicted octanol–water partition coefficient (Wildman–Crippen LogP) is 9.67. The summed E-state index contributed by atoms with van der Waals surface area (Å²) in [4.78, 5) is 23.7. The molecule has 0 spiro atoms. The van der Waals surface area contributed by atoms with Crippen LogP contribution in [0.4, 0.5) is 0 Å². The van der Waals surface area contributed by atoms with Crippen LogP contribution in [0.25, 0.3) is 17.0 Å². The van der Waals surface area contributed by atoms with E-state index in [0.717, 1.165) is 18.4 Å². The Hall–Kier alpha value is -2.13. The van der Waals surface area contributed by atoms with E-state index in [1.807, 2.05) is 13.8 Å². The van der Waals surface area contributed by atoms with Crippen LogP contribution >= 0.6 is 23.2 Å². The highest BCUT2D eigenvalue weighted by Crippen LogP contribution is 2.28. The van der Waals surface area contributed by atoms with E-state index in [4.69, 9.17) is 33.0 Å². The van der Waals surface area contributed by atoms with Crippen molar-refractivity contribution in [2.45, 2.75) is 130 Å². The summed E-state index contributed by atoms with van der Waals surface area (Å²) < 4.78 is 1.67. The first-order valence-corrected chi connectivity index (χ1v) is 17.1. The second kappa shape index (κ2) is 20.0. The van der Waals surface area contributed by atoms with Crippen LogP contribution in [0.3, 0.4) is 0 Å². The van der Waals surface area contributed by atoms with Gasteiger partial charge in [-0.3, -0.25) is 9.89 Å². The molecule has 0 bridgehead atoms. The van der Waals surface area contributed by atoms with Gasteiger partial charge < -0.3 is 5.32 Å². The molecule has 0 radical (unpaired) electrons. The number of hydrogen-bond donors (Lipinski definition) is 2. The van der Waals surface area contributed by atoms with Gasteiger partial charge in [-0.15, -0.1) is 10.2 Å². The highest BCUT2D eigenvalue weighted by molar-refractivity contribution is 6.42. The topological polar surface area (TPSA) is 93.5 Å². The molecule has 0 aliphatic rings. The summed E-state index contributed by atoms with van der Waals surface area (Å²) in [7, 11) is 0. The number of nitrogens with zero attached hydrogens (tertiary/aromatic N) is 3. The molecule has 2 aromatic heterocycles. The van der Waals surface area contributed by atoms with Gasteiger partial charge in [-0.1, -0.05) is 126 Å². The number of amides is 1. The van der Waals surface area contributed by atoms with E-state index < -0.39 is 0 Å². The number of rotatable bonds is 23. The summed E-state index contributed by atoms with van der Waals surface area (Å²) in [5.74, 6) is 0.284. The van der Waals surface area contributed by atoms with Crippen LogP contribution in [-0.2, 0) is 9.78 Å². The van der Waals surface area contributed by atoms with E-state index in [-0.39, 0.29) is 18.6 Å². The maximum Gasteiger partial charge on any atom is 0.269 e. The van der Waals surface area contributed by atoms with Crippen molar-refractivity contribution in [1.82, 2.24) is 25.1 Å². The first kappa shape index (κ1) is 35.4. The third-order valence-corrected chi connectivity index (χ3v) is 8.60. The molecule has 0 aliphatic heterocycles. The first-order chi connectivity index (χ1) is 20.9. The normalized spacial score (nSPS) is 12.3. The zero-order valence-corrected chi connectivity index (χ0v) is 27.9. The highest BCUT2D eigenvalue weighted by Gasteiger charge is 2.21. The Labute approximate surface area is 267 Å². The Morgan fingerprint density at radius 3 is 2.02 bits per heavy atom. The van der Waals surface area contributed by atoms with Crippen LogP contribution in [-0.4, -0.2) is 45.0 Å². The average Bonchev–Trinajstić information content (AvgIpc) is 3.55. The molecule has 3 rings (SSSR count). The van der Waals surface area contributed by atoms with Crippen LogP contribution in [0.2, 0.25) is 10.0 Å². The number of carbonyl (C=O) groups is 1. The maximum atomic E-state index is 13.0. The number of hydrogen-bond acceptors (Lipinski definition) is 5. The smallest absolute Gasteiger partial charge is 0.269 e. The van der Waals surface area contributed by atoms with Crippen LogP contribution in [0.1, 0.15) is 133 Å². The number of H-pyrrole nitrogens is 1. The van der Waals surface area contributed by atoms with Crippen LogP contribution in [0.5, 0.6) is 0 Å². The van der Waals surface area contributed by atoms with Crippen molar-refractivity contribution in [2.24, 2.45) is 0 Å². The van der Waals surface area contributed by atoms with E-state index in [9.17, 15) is 4.79 Å². The predicted molar refractivity (Wildman–Crippen MR) is 176 cm³/mol. The van der Waals surface area contributed by atoms with E-state index in [2.05, 4.69) is 27.5 Å². The number of unbranched alkanes of at least 4 members (excludes halogenated alkanes) is 15. The second-order valence-corrected chi connectivity index (χ2v) is 12.5. The molecule has 1 atom stereocenters. The van der Waals surface area contributed by atoms with Crippen molar-refractivity contribution in [2.75, 3.05) is 13.2 Å². The number of nitrogens with one attached hydrogen (secondary N) is 2. The third kappa shape index (κ3) is 12.1. The summed E-state index contributed by atoms with van der Waals surface area (Å²) >= 11 is 12.2. The monoisotopic (exact) mass is 635 g/mol. The van der Waals surface area contributed by atoms with E-state index in [0.29, 0.717) is 39.4 Å². The van der Waals surface area contributed by atoms with Gasteiger partial charge in [-0.25, -0.2) is 14.3 Å². The van der Waals surface area contributed by atoms with E-state index in [1.165, 1.54) is 89.9 Å². The molecule has 0 saturated carbocycles. The lowest BCUT2D eigenvalue weighted by Crippen LogP contribution is -2.36. The average molecular weight is 637 g/mol. The lowest BCUT2D eigenvalue weighted by atomic mass is 10.0. The van der Waals surface area contributed by atoms with E-state index in [1.54, 1.807) is 22.7 Å². The molecule has 2 heterocycles. The van der Waals surface area contributed by atoms with Gasteiger partial charge >= 0.3 is 0 Å². The fourth-order valence-electron chi connectivity index (χ4n) is 5.24. The summed E-state index contributed by atoms with van der Waals surface area (Å²) in [5, 5.41) is 15.4. The number of benzene rings is 1. The van der Waals surface area contributed by atoms with Crippen LogP contribution in [0.15, 0.2) is 18.2 Å². The molecule has 0 aliphatic carbocycles. The number of aromatic amines is 1. The Morgan fingerprint density at radius 2 is 1.44 bits per heavy atom.